The number of ether oxygens (including phenoxy) is 3. The first kappa shape index (κ1) is 34.5. The van der Waals surface area contributed by atoms with Crippen LogP contribution in [0.5, 0.6) is 5.75 Å². The average Bonchev–Trinajstić information content (AvgIpc) is 3.68. The van der Waals surface area contributed by atoms with E-state index in [-0.39, 0.29) is 42.1 Å². The van der Waals surface area contributed by atoms with Gasteiger partial charge < -0.3 is 34.3 Å². The second kappa shape index (κ2) is 14.2. The molecule has 3 amide bonds. The zero-order chi connectivity index (χ0) is 34.9. The number of pyridine rings is 1. The Morgan fingerprint density at radius 2 is 1.84 bits per heavy atom. The van der Waals surface area contributed by atoms with Crippen LogP contribution in [0.1, 0.15) is 53.1 Å². The number of carbonyl (C=O) groups excluding carboxylic acids is 4. The number of esters is 1. The molecular weight excluding hydrogens is 646 g/mol. The largest absolute Gasteiger partial charge is 0.451 e. The Labute approximate surface area is 281 Å². The Hall–Kier alpha value is -4.41. The van der Waals surface area contributed by atoms with Crippen LogP contribution in [0.2, 0.25) is 0 Å². The molecule has 3 saturated heterocycles. The topological polar surface area (TPSA) is 152 Å². The third-order valence-electron chi connectivity index (χ3n) is 9.62. The average molecular weight is 687 g/mol. The zero-order valence-corrected chi connectivity index (χ0v) is 27.5. The van der Waals surface area contributed by atoms with Crippen molar-refractivity contribution in [2.75, 3.05) is 59.3 Å². The summed E-state index contributed by atoms with van der Waals surface area (Å²) < 4.78 is 45.4. The van der Waals surface area contributed by atoms with Gasteiger partial charge in [-0.2, -0.15) is 0 Å². The van der Waals surface area contributed by atoms with Crippen LogP contribution >= 0.6 is 0 Å². The summed E-state index contributed by atoms with van der Waals surface area (Å²) in [4.78, 5) is 72.8. The second-order valence-corrected chi connectivity index (χ2v) is 13.1. The lowest BCUT2D eigenvalue weighted by molar-refractivity contribution is -0.164. The number of halogens is 2. The van der Waals surface area contributed by atoms with Crippen molar-refractivity contribution in [1.82, 2.24) is 29.9 Å². The maximum absolute atomic E-state index is 14.2. The number of hydrogen-bond acceptors (Lipinski definition) is 10. The normalized spacial score (nSPS) is 20.7. The van der Waals surface area contributed by atoms with Gasteiger partial charge >= 0.3 is 5.97 Å². The fourth-order valence-corrected chi connectivity index (χ4v) is 6.73. The molecule has 0 radical (unpaired) electrons. The van der Waals surface area contributed by atoms with E-state index < -0.39 is 58.7 Å². The van der Waals surface area contributed by atoms with Crippen molar-refractivity contribution in [3.63, 3.8) is 0 Å². The summed E-state index contributed by atoms with van der Waals surface area (Å²) in [6, 6.07) is 3.09. The van der Waals surface area contributed by atoms with Gasteiger partial charge in [0.25, 0.3) is 11.8 Å². The number of rotatable bonds is 11. The first-order valence-corrected chi connectivity index (χ1v) is 16.4. The van der Waals surface area contributed by atoms with Crippen LogP contribution in [0.4, 0.5) is 8.78 Å². The molecule has 0 bridgehead atoms. The van der Waals surface area contributed by atoms with E-state index in [1.54, 1.807) is 4.90 Å². The molecule has 1 aromatic carbocycles. The number of nitrogens with zero attached hydrogens (tertiary/aromatic N) is 4. The first-order chi connectivity index (χ1) is 23.5. The monoisotopic (exact) mass is 686 g/mol. The predicted octanol–water partition coefficient (Wildman–Crippen LogP) is 0.671. The molecule has 2 unspecified atom stereocenters. The molecule has 0 saturated carbocycles. The predicted molar refractivity (Wildman–Crippen MR) is 168 cm³/mol. The molecule has 2 atom stereocenters. The standard InChI is InChI=1S/C33H40F2N6O8/c1-33(2,31(45)36-7-9-38-10-12-47-13-11-38)32(46)49-19-48-28-26-30(44)41-16-22-4-3-8-40(22)25(41)18-39(26)17-23(27(28)42)29(43)37-15-20-5-6-21(34)14-24(20)35/h5-6,14,17,22,25H,3-4,7-13,15-16,18-19H2,1-2H3,(H,36,45)(H,37,43). The van der Waals surface area contributed by atoms with Crippen molar-refractivity contribution < 1.29 is 42.2 Å². The summed E-state index contributed by atoms with van der Waals surface area (Å²) in [6.45, 7) is 6.80. The summed E-state index contributed by atoms with van der Waals surface area (Å²) in [6.07, 6.45) is 2.91. The second-order valence-electron chi connectivity index (χ2n) is 13.1. The molecule has 0 spiro atoms. The van der Waals surface area contributed by atoms with Crippen LogP contribution in [0.25, 0.3) is 0 Å². The highest BCUT2D eigenvalue weighted by atomic mass is 19.1. The molecule has 14 nitrogen and oxygen atoms in total. The van der Waals surface area contributed by atoms with E-state index in [4.69, 9.17) is 14.2 Å². The molecule has 2 N–H and O–H groups in total. The fraction of sp³-hybridized carbons (Fsp3) is 0.545. The lowest BCUT2D eigenvalue weighted by Gasteiger charge is -2.36. The van der Waals surface area contributed by atoms with Crippen LogP contribution < -0.4 is 20.8 Å². The van der Waals surface area contributed by atoms with Crippen LogP contribution in [0, 0.1) is 17.0 Å². The van der Waals surface area contributed by atoms with Crippen molar-refractivity contribution in [2.45, 2.75) is 52.0 Å². The molecule has 4 aliphatic rings. The van der Waals surface area contributed by atoms with Gasteiger partial charge in [-0.25, -0.2) is 8.78 Å². The van der Waals surface area contributed by atoms with Gasteiger partial charge in [-0.1, -0.05) is 6.07 Å². The van der Waals surface area contributed by atoms with Crippen LogP contribution in [-0.2, 0) is 32.2 Å². The Bertz CT molecular complexity index is 1690. The van der Waals surface area contributed by atoms with Crippen molar-refractivity contribution >= 4 is 23.7 Å². The smallest absolute Gasteiger partial charge is 0.323 e. The van der Waals surface area contributed by atoms with Crippen molar-refractivity contribution in [2.24, 2.45) is 5.41 Å². The van der Waals surface area contributed by atoms with Gasteiger partial charge in [0, 0.05) is 69.7 Å². The van der Waals surface area contributed by atoms with Crippen molar-refractivity contribution in [3.8, 4) is 5.75 Å². The zero-order valence-electron chi connectivity index (χ0n) is 27.5. The number of nitrogens with one attached hydrogen (secondary N) is 2. The molecule has 4 aliphatic heterocycles. The van der Waals surface area contributed by atoms with Gasteiger partial charge in [0.2, 0.25) is 23.9 Å². The van der Waals surface area contributed by atoms with E-state index in [0.29, 0.717) is 38.9 Å². The summed E-state index contributed by atoms with van der Waals surface area (Å²) in [5.41, 5.74) is -3.03. The fourth-order valence-electron chi connectivity index (χ4n) is 6.73. The molecular formula is C33H40F2N6O8. The minimum absolute atomic E-state index is 0.000736. The summed E-state index contributed by atoms with van der Waals surface area (Å²) in [5, 5.41) is 5.22. The lowest BCUT2D eigenvalue weighted by atomic mass is 9.92. The number of amides is 3. The third kappa shape index (κ3) is 7.03. The van der Waals surface area contributed by atoms with E-state index in [1.807, 2.05) is 0 Å². The molecule has 6 rings (SSSR count). The Kier molecular flexibility index (Phi) is 9.99. The molecule has 49 heavy (non-hydrogen) atoms. The van der Waals surface area contributed by atoms with Crippen LogP contribution in [0.15, 0.2) is 29.2 Å². The number of benzene rings is 1. The van der Waals surface area contributed by atoms with Gasteiger partial charge in [-0.15, -0.1) is 0 Å². The molecule has 2 aromatic rings. The van der Waals surface area contributed by atoms with Gasteiger partial charge in [0.1, 0.15) is 28.8 Å². The maximum Gasteiger partial charge on any atom is 0.323 e. The van der Waals surface area contributed by atoms with E-state index in [1.165, 1.54) is 30.7 Å². The van der Waals surface area contributed by atoms with Crippen LogP contribution in [0.3, 0.4) is 0 Å². The van der Waals surface area contributed by atoms with E-state index in [0.717, 1.165) is 38.5 Å². The number of fused-ring (bicyclic) bond motifs is 4. The molecule has 1 aromatic heterocycles. The van der Waals surface area contributed by atoms with E-state index >= 15 is 0 Å². The minimum atomic E-state index is -1.61. The number of carbonyl (C=O) groups is 4. The van der Waals surface area contributed by atoms with E-state index in [9.17, 15) is 32.8 Å². The molecule has 5 heterocycles. The highest BCUT2D eigenvalue weighted by Gasteiger charge is 2.48. The SMILES string of the molecule is CC(C)(C(=O)NCCN1CCOCC1)C(=O)OCOc1c2n(cc(C(=O)NCc3ccc(F)cc3F)c1=O)CC1N(CC3CCCN31)C2=O. The molecule has 3 fully saturated rings. The van der Waals surface area contributed by atoms with Crippen molar-refractivity contribution in [3.05, 3.63) is 63.1 Å². The quantitative estimate of drug-likeness (QED) is 0.196. The molecule has 264 valence electrons. The van der Waals surface area contributed by atoms with E-state index in [2.05, 4.69) is 20.4 Å². The Balaban J connectivity index is 1.18. The van der Waals surface area contributed by atoms with Crippen molar-refractivity contribution in [1.29, 1.82) is 0 Å². The number of hydrogen-bond donors (Lipinski definition) is 2. The molecule has 0 aliphatic carbocycles. The minimum Gasteiger partial charge on any atom is -0.451 e. The number of aromatic nitrogens is 1. The highest BCUT2D eigenvalue weighted by molar-refractivity contribution is 6.02. The number of morpholine rings is 1. The summed E-state index contributed by atoms with van der Waals surface area (Å²) in [7, 11) is 0. The maximum atomic E-state index is 14.2. The van der Waals surface area contributed by atoms with Crippen LogP contribution in [-0.4, -0.2) is 114 Å². The van der Waals surface area contributed by atoms with Gasteiger partial charge in [0.05, 0.1) is 19.8 Å². The van der Waals surface area contributed by atoms with Gasteiger partial charge in [0.15, 0.2) is 5.69 Å². The van der Waals surface area contributed by atoms with Gasteiger partial charge in [-0.05, 0) is 32.8 Å². The van der Waals surface area contributed by atoms with Gasteiger partial charge in [-0.3, -0.25) is 33.8 Å². The Morgan fingerprint density at radius 1 is 1.06 bits per heavy atom. The summed E-state index contributed by atoms with van der Waals surface area (Å²) in [5.74, 6) is -4.96. The Morgan fingerprint density at radius 3 is 2.59 bits per heavy atom. The summed E-state index contributed by atoms with van der Waals surface area (Å²) >= 11 is 0. The highest BCUT2D eigenvalue weighted by Crippen LogP contribution is 2.35. The first-order valence-electron chi connectivity index (χ1n) is 16.4. The molecule has 16 heteroatoms. The third-order valence-corrected chi connectivity index (χ3v) is 9.62. The lowest BCUT2D eigenvalue weighted by Crippen LogP contribution is -2.51.